The molecule has 130 valence electrons. The van der Waals surface area contributed by atoms with Gasteiger partial charge in [0.15, 0.2) is 0 Å². The standard InChI is InChI=1S/C23H15O3P/c24-23(18-14-13-16-7-1-2-8-17(16)15-18)27(25)22-12-6-4-10-20(22)19-9-3-5-11-21(19)26-27/h1-15H. The predicted octanol–water partition coefficient (Wildman–Crippen LogP) is 5.64. The molecule has 5 rings (SSSR count). The minimum Gasteiger partial charge on any atom is -0.434 e. The molecule has 0 radical (unpaired) electrons. The van der Waals surface area contributed by atoms with E-state index in [0.29, 0.717) is 16.6 Å². The molecule has 0 saturated heterocycles. The van der Waals surface area contributed by atoms with Crippen LogP contribution in [-0.2, 0) is 4.57 Å². The lowest BCUT2D eigenvalue weighted by Crippen LogP contribution is -2.23. The Bertz CT molecular complexity index is 1260. The molecule has 1 atom stereocenters. The number of fused-ring (bicyclic) bond motifs is 4. The fourth-order valence-corrected chi connectivity index (χ4v) is 5.67. The van der Waals surface area contributed by atoms with E-state index in [1.165, 1.54) is 0 Å². The molecule has 4 heteroatoms. The Kier molecular flexibility index (Phi) is 3.53. The van der Waals surface area contributed by atoms with Gasteiger partial charge in [0, 0.05) is 11.1 Å². The van der Waals surface area contributed by atoms with Crippen LogP contribution in [0.3, 0.4) is 0 Å². The van der Waals surface area contributed by atoms with E-state index < -0.39 is 12.9 Å². The van der Waals surface area contributed by atoms with Crippen molar-refractivity contribution in [2.75, 3.05) is 0 Å². The van der Waals surface area contributed by atoms with Crippen molar-refractivity contribution in [3.63, 3.8) is 0 Å². The van der Waals surface area contributed by atoms with Gasteiger partial charge in [0.05, 0.1) is 5.30 Å². The molecule has 1 aliphatic rings. The van der Waals surface area contributed by atoms with Crippen LogP contribution in [0, 0.1) is 0 Å². The highest BCUT2D eigenvalue weighted by atomic mass is 31.2. The fraction of sp³-hybridized carbons (Fsp3) is 0. The molecule has 0 bridgehead atoms. The van der Waals surface area contributed by atoms with Crippen LogP contribution in [0.2, 0.25) is 0 Å². The normalized spacial score (nSPS) is 17.6. The molecule has 0 aliphatic carbocycles. The lowest BCUT2D eigenvalue weighted by molar-refractivity contribution is 0.106. The van der Waals surface area contributed by atoms with Gasteiger partial charge in [-0.2, -0.15) is 0 Å². The number of hydrogen-bond acceptors (Lipinski definition) is 3. The van der Waals surface area contributed by atoms with Gasteiger partial charge in [-0.15, -0.1) is 0 Å². The van der Waals surface area contributed by atoms with Gasteiger partial charge >= 0.3 is 7.37 Å². The van der Waals surface area contributed by atoms with Crippen molar-refractivity contribution in [2.45, 2.75) is 0 Å². The van der Waals surface area contributed by atoms with Crippen LogP contribution in [0.15, 0.2) is 91.0 Å². The van der Waals surface area contributed by atoms with Gasteiger partial charge in [0.1, 0.15) is 5.75 Å². The van der Waals surface area contributed by atoms with Crippen LogP contribution in [-0.4, -0.2) is 5.52 Å². The largest absolute Gasteiger partial charge is 0.434 e. The van der Waals surface area contributed by atoms with Gasteiger partial charge in [-0.3, -0.25) is 9.36 Å². The number of para-hydroxylation sites is 1. The molecule has 0 N–H and O–H groups in total. The molecule has 0 saturated carbocycles. The molecular formula is C23H15O3P. The third-order valence-corrected chi connectivity index (χ3v) is 7.16. The third-order valence-electron chi connectivity index (χ3n) is 4.89. The highest BCUT2D eigenvalue weighted by molar-refractivity contribution is 7.84. The van der Waals surface area contributed by atoms with E-state index in [2.05, 4.69) is 0 Å². The highest BCUT2D eigenvalue weighted by Crippen LogP contribution is 2.56. The van der Waals surface area contributed by atoms with E-state index in [4.69, 9.17) is 4.52 Å². The zero-order chi connectivity index (χ0) is 18.4. The Labute approximate surface area is 156 Å². The first-order chi connectivity index (χ1) is 13.2. The molecular weight excluding hydrogens is 355 g/mol. The van der Waals surface area contributed by atoms with Crippen molar-refractivity contribution in [2.24, 2.45) is 0 Å². The smallest absolute Gasteiger partial charge is 0.347 e. The number of hydrogen-bond donors (Lipinski definition) is 0. The van der Waals surface area contributed by atoms with E-state index in [1.807, 2.05) is 60.7 Å². The molecule has 4 aromatic carbocycles. The first-order valence-electron chi connectivity index (χ1n) is 8.69. The summed E-state index contributed by atoms with van der Waals surface area (Å²) in [6.07, 6.45) is 0. The second-order valence-electron chi connectivity index (χ2n) is 6.52. The Hall–Kier alpha value is -3.16. The maximum absolute atomic E-state index is 13.9. The maximum atomic E-state index is 13.9. The van der Waals surface area contributed by atoms with Crippen molar-refractivity contribution in [1.29, 1.82) is 0 Å². The topological polar surface area (TPSA) is 43.4 Å². The molecule has 1 heterocycles. The number of rotatable bonds is 2. The summed E-state index contributed by atoms with van der Waals surface area (Å²) in [6, 6.07) is 27.8. The molecule has 0 aromatic heterocycles. The van der Waals surface area contributed by atoms with E-state index in [1.54, 1.807) is 30.3 Å². The Balaban J connectivity index is 1.69. The van der Waals surface area contributed by atoms with Crippen molar-refractivity contribution >= 4 is 29.0 Å². The monoisotopic (exact) mass is 370 g/mol. The highest BCUT2D eigenvalue weighted by Gasteiger charge is 2.43. The minimum atomic E-state index is -3.77. The van der Waals surface area contributed by atoms with Gasteiger partial charge in [-0.1, -0.05) is 72.8 Å². The summed E-state index contributed by atoms with van der Waals surface area (Å²) in [5.41, 5.74) is 1.56. The first kappa shape index (κ1) is 16.0. The zero-order valence-corrected chi connectivity index (χ0v) is 15.2. The van der Waals surface area contributed by atoms with Gasteiger partial charge in [-0.25, -0.2) is 0 Å². The van der Waals surface area contributed by atoms with E-state index in [0.717, 1.165) is 21.9 Å². The molecule has 0 amide bonds. The van der Waals surface area contributed by atoms with Crippen molar-refractivity contribution in [3.05, 3.63) is 96.6 Å². The summed E-state index contributed by atoms with van der Waals surface area (Å²) < 4.78 is 19.8. The molecule has 3 nitrogen and oxygen atoms in total. The molecule has 1 aliphatic heterocycles. The number of benzene rings is 4. The Morgan fingerprint density at radius 2 is 1.37 bits per heavy atom. The van der Waals surface area contributed by atoms with Gasteiger partial charge in [0.2, 0.25) is 0 Å². The summed E-state index contributed by atoms with van der Waals surface area (Å²) >= 11 is 0. The predicted molar refractivity (Wildman–Crippen MR) is 108 cm³/mol. The van der Waals surface area contributed by atoms with Crippen LogP contribution >= 0.6 is 7.37 Å². The van der Waals surface area contributed by atoms with Crippen LogP contribution in [0.4, 0.5) is 0 Å². The van der Waals surface area contributed by atoms with E-state index in [9.17, 15) is 9.36 Å². The number of carbonyl (C=O) groups is 1. The summed E-state index contributed by atoms with van der Waals surface area (Å²) in [6.45, 7) is 0. The summed E-state index contributed by atoms with van der Waals surface area (Å²) in [7, 11) is -3.77. The lowest BCUT2D eigenvalue weighted by Gasteiger charge is -2.27. The minimum absolute atomic E-state index is 0.395. The zero-order valence-electron chi connectivity index (χ0n) is 14.3. The molecule has 0 spiro atoms. The van der Waals surface area contributed by atoms with Gasteiger partial charge in [-0.05, 0) is 34.5 Å². The second-order valence-corrected chi connectivity index (χ2v) is 8.70. The molecule has 1 unspecified atom stereocenters. The Morgan fingerprint density at radius 1 is 0.704 bits per heavy atom. The third kappa shape index (κ3) is 2.43. The molecule has 4 aromatic rings. The lowest BCUT2D eigenvalue weighted by atomic mass is 10.0. The van der Waals surface area contributed by atoms with Crippen LogP contribution < -0.4 is 9.83 Å². The summed E-state index contributed by atoms with van der Waals surface area (Å²) in [4.78, 5) is 13.3. The molecule has 27 heavy (non-hydrogen) atoms. The van der Waals surface area contributed by atoms with Crippen molar-refractivity contribution in [3.8, 4) is 16.9 Å². The van der Waals surface area contributed by atoms with Crippen LogP contribution in [0.1, 0.15) is 10.4 Å². The van der Waals surface area contributed by atoms with Gasteiger partial charge in [0.25, 0.3) is 5.52 Å². The van der Waals surface area contributed by atoms with Crippen LogP contribution in [0.25, 0.3) is 21.9 Å². The quantitative estimate of drug-likeness (QED) is 0.429. The van der Waals surface area contributed by atoms with Crippen molar-refractivity contribution < 1.29 is 13.9 Å². The van der Waals surface area contributed by atoms with Gasteiger partial charge < -0.3 is 4.52 Å². The Morgan fingerprint density at radius 3 is 2.22 bits per heavy atom. The van der Waals surface area contributed by atoms with E-state index >= 15 is 0 Å². The SMILES string of the molecule is O=C(c1ccc2ccccc2c1)P1(=O)Oc2ccccc2-c2ccccc21. The number of carbonyl (C=O) groups excluding carboxylic acids is 1. The summed E-state index contributed by atoms with van der Waals surface area (Å²) in [5.74, 6) is 0.480. The molecule has 0 fully saturated rings. The van der Waals surface area contributed by atoms with E-state index in [-0.39, 0.29) is 0 Å². The maximum Gasteiger partial charge on any atom is 0.347 e. The summed E-state index contributed by atoms with van der Waals surface area (Å²) in [5, 5.41) is 2.42. The van der Waals surface area contributed by atoms with Crippen molar-refractivity contribution in [1.82, 2.24) is 0 Å². The average molecular weight is 370 g/mol. The fourth-order valence-electron chi connectivity index (χ4n) is 3.56. The second kappa shape index (κ2) is 5.94. The average Bonchev–Trinajstić information content (AvgIpc) is 2.73. The van der Waals surface area contributed by atoms with Crippen LogP contribution in [0.5, 0.6) is 5.75 Å². The first-order valence-corrected chi connectivity index (χ1v) is 10.3.